The first-order valence-electron chi connectivity index (χ1n) is 9.61. The number of phenols is 1. The highest BCUT2D eigenvalue weighted by molar-refractivity contribution is 5.82. The molecule has 2 unspecified atom stereocenters. The molecule has 2 aromatic rings. The van der Waals surface area contributed by atoms with Crippen LogP contribution in [0.5, 0.6) is 5.75 Å². The van der Waals surface area contributed by atoms with Crippen molar-refractivity contribution in [2.24, 2.45) is 0 Å². The fraction of sp³-hybridized carbons (Fsp3) is 0.381. The van der Waals surface area contributed by atoms with Gasteiger partial charge in [-0.1, -0.05) is 30.3 Å². The summed E-state index contributed by atoms with van der Waals surface area (Å²) in [5, 5.41) is 12.4. The highest BCUT2D eigenvalue weighted by Gasteiger charge is 2.29. The molecule has 2 atom stereocenters. The van der Waals surface area contributed by atoms with Crippen molar-refractivity contribution in [2.75, 3.05) is 24.5 Å². The van der Waals surface area contributed by atoms with E-state index in [-0.39, 0.29) is 23.7 Å². The predicted octanol–water partition coefficient (Wildman–Crippen LogP) is 1.87. The van der Waals surface area contributed by atoms with Gasteiger partial charge < -0.3 is 15.3 Å². The average molecular weight is 366 g/mol. The fourth-order valence-electron chi connectivity index (χ4n) is 3.90. The molecule has 2 heterocycles. The Labute approximate surface area is 159 Å². The van der Waals surface area contributed by atoms with Gasteiger partial charge in [-0.15, -0.1) is 0 Å². The first-order chi connectivity index (χ1) is 13.2. The summed E-state index contributed by atoms with van der Waals surface area (Å²) in [6, 6.07) is 15.5. The number of fused-ring (bicyclic) bond motifs is 1. The molecule has 0 aliphatic carbocycles. The molecule has 1 amide bonds. The van der Waals surface area contributed by atoms with Gasteiger partial charge in [-0.25, -0.2) is 10.9 Å². The van der Waals surface area contributed by atoms with Crippen LogP contribution in [0.2, 0.25) is 0 Å². The van der Waals surface area contributed by atoms with E-state index in [1.807, 2.05) is 12.1 Å². The van der Waals surface area contributed by atoms with Crippen LogP contribution < -0.4 is 21.1 Å². The number of para-hydroxylation sites is 1. The highest BCUT2D eigenvalue weighted by Crippen LogP contribution is 2.27. The molecule has 0 bridgehead atoms. The van der Waals surface area contributed by atoms with Crippen molar-refractivity contribution in [1.82, 2.24) is 16.2 Å². The summed E-state index contributed by atoms with van der Waals surface area (Å²) < 4.78 is 0. The molecule has 0 saturated carbocycles. The number of aromatic hydroxyl groups is 1. The molecule has 0 aromatic heterocycles. The molecule has 0 spiro atoms. The van der Waals surface area contributed by atoms with Crippen LogP contribution in [0, 0.1) is 0 Å². The van der Waals surface area contributed by atoms with Gasteiger partial charge in [0.05, 0.1) is 0 Å². The van der Waals surface area contributed by atoms with E-state index < -0.39 is 0 Å². The second-order valence-corrected chi connectivity index (χ2v) is 7.23. The van der Waals surface area contributed by atoms with E-state index in [0.717, 1.165) is 31.5 Å². The maximum atomic E-state index is 12.4. The monoisotopic (exact) mass is 366 g/mol. The molecule has 27 heavy (non-hydrogen) atoms. The van der Waals surface area contributed by atoms with E-state index in [2.05, 4.69) is 45.3 Å². The van der Waals surface area contributed by atoms with Gasteiger partial charge in [0.2, 0.25) is 5.91 Å². The minimum absolute atomic E-state index is 0.0330. The molecule has 2 aliphatic rings. The van der Waals surface area contributed by atoms with Crippen molar-refractivity contribution < 1.29 is 9.90 Å². The summed E-state index contributed by atoms with van der Waals surface area (Å²) in [5.41, 5.74) is 10.1. The molecule has 142 valence electrons. The maximum absolute atomic E-state index is 12.4. The molecular formula is C21H26N4O2. The van der Waals surface area contributed by atoms with Gasteiger partial charge in [0.1, 0.15) is 11.8 Å². The zero-order valence-corrected chi connectivity index (χ0v) is 15.3. The van der Waals surface area contributed by atoms with Crippen molar-refractivity contribution >= 4 is 11.6 Å². The Balaban J connectivity index is 1.20. The molecule has 4 N–H and O–H groups in total. The minimum Gasteiger partial charge on any atom is -0.508 e. The Morgan fingerprint density at radius 3 is 2.81 bits per heavy atom. The smallest absolute Gasteiger partial charge is 0.238 e. The lowest BCUT2D eigenvalue weighted by molar-refractivity contribution is -0.122. The van der Waals surface area contributed by atoms with Gasteiger partial charge in [-0.3, -0.25) is 4.79 Å². The van der Waals surface area contributed by atoms with Crippen molar-refractivity contribution in [1.29, 1.82) is 0 Å². The molecule has 6 nitrogen and oxygen atoms in total. The quantitative estimate of drug-likeness (QED) is 0.587. The van der Waals surface area contributed by atoms with Crippen LogP contribution >= 0.6 is 0 Å². The van der Waals surface area contributed by atoms with Crippen molar-refractivity contribution in [2.45, 2.75) is 31.3 Å². The molecule has 2 aromatic carbocycles. The van der Waals surface area contributed by atoms with E-state index in [4.69, 9.17) is 0 Å². The Morgan fingerprint density at radius 2 is 1.96 bits per heavy atom. The molecule has 4 rings (SSSR count). The number of nitrogens with one attached hydrogen (secondary N) is 3. The maximum Gasteiger partial charge on any atom is 0.238 e. The third kappa shape index (κ3) is 4.07. The van der Waals surface area contributed by atoms with Crippen molar-refractivity contribution in [3.05, 3.63) is 59.7 Å². The van der Waals surface area contributed by atoms with Crippen LogP contribution in [0.1, 0.15) is 30.0 Å². The first kappa shape index (κ1) is 17.8. The summed E-state index contributed by atoms with van der Waals surface area (Å²) in [6.45, 7) is 2.71. The lowest BCUT2D eigenvalue weighted by atomic mass is 10.0. The van der Waals surface area contributed by atoms with Crippen LogP contribution in [-0.2, 0) is 11.2 Å². The van der Waals surface area contributed by atoms with Crippen molar-refractivity contribution in [3.63, 3.8) is 0 Å². The van der Waals surface area contributed by atoms with Gasteiger partial charge >= 0.3 is 0 Å². The highest BCUT2D eigenvalue weighted by atomic mass is 16.3. The SMILES string of the molecule is O=C(NCCCN1CCc2ccccc21)C1CC(c2ccc(O)cc2)NN1. The zero-order valence-electron chi connectivity index (χ0n) is 15.3. The Hall–Kier alpha value is -2.57. The summed E-state index contributed by atoms with van der Waals surface area (Å²) in [4.78, 5) is 14.8. The minimum atomic E-state index is -0.240. The van der Waals surface area contributed by atoms with Gasteiger partial charge in [0.25, 0.3) is 0 Å². The normalized spacial score (nSPS) is 21.3. The second-order valence-electron chi connectivity index (χ2n) is 7.23. The summed E-state index contributed by atoms with van der Waals surface area (Å²) in [5.74, 6) is 0.283. The first-order valence-corrected chi connectivity index (χ1v) is 9.61. The Bertz CT molecular complexity index is 793. The van der Waals surface area contributed by atoms with E-state index in [1.54, 1.807) is 12.1 Å². The van der Waals surface area contributed by atoms with Gasteiger partial charge in [-0.05, 0) is 48.6 Å². The molecule has 0 radical (unpaired) electrons. The number of hydrogen-bond acceptors (Lipinski definition) is 5. The number of carbonyl (C=O) groups is 1. The largest absolute Gasteiger partial charge is 0.508 e. The topological polar surface area (TPSA) is 76.6 Å². The number of nitrogens with zero attached hydrogens (tertiary/aromatic N) is 1. The molecule has 6 heteroatoms. The number of amides is 1. The third-order valence-corrected chi connectivity index (χ3v) is 5.40. The molecule has 1 saturated heterocycles. The third-order valence-electron chi connectivity index (χ3n) is 5.40. The Morgan fingerprint density at radius 1 is 1.15 bits per heavy atom. The summed E-state index contributed by atoms with van der Waals surface area (Å²) in [7, 11) is 0. The second kappa shape index (κ2) is 7.98. The number of hydrogen-bond donors (Lipinski definition) is 4. The van der Waals surface area contributed by atoms with Crippen LogP contribution in [0.3, 0.4) is 0 Å². The number of hydrazine groups is 1. The van der Waals surface area contributed by atoms with Crippen molar-refractivity contribution in [3.8, 4) is 5.75 Å². The standard InChI is InChI=1S/C21H26N4O2/c26-17-8-6-15(7-9-17)18-14-19(24-23-18)21(27)22-11-3-12-25-13-10-16-4-1-2-5-20(16)25/h1-2,4-9,18-19,23-24,26H,3,10-14H2,(H,22,27). The van der Waals surface area contributed by atoms with E-state index in [1.165, 1.54) is 11.3 Å². The average Bonchev–Trinajstić information content (AvgIpc) is 3.33. The lowest BCUT2D eigenvalue weighted by Gasteiger charge is -2.19. The van der Waals surface area contributed by atoms with Gasteiger partial charge in [0, 0.05) is 31.4 Å². The molecule has 2 aliphatic heterocycles. The zero-order chi connectivity index (χ0) is 18.6. The van der Waals surface area contributed by atoms with E-state index in [0.29, 0.717) is 13.0 Å². The van der Waals surface area contributed by atoms with Crippen LogP contribution in [0.25, 0.3) is 0 Å². The number of carbonyl (C=O) groups excluding carboxylic acids is 1. The van der Waals surface area contributed by atoms with Crippen LogP contribution in [-0.4, -0.2) is 36.7 Å². The van der Waals surface area contributed by atoms with Gasteiger partial charge in [0.15, 0.2) is 0 Å². The van der Waals surface area contributed by atoms with Crippen LogP contribution in [0.4, 0.5) is 5.69 Å². The van der Waals surface area contributed by atoms with E-state index in [9.17, 15) is 9.90 Å². The van der Waals surface area contributed by atoms with Gasteiger partial charge in [-0.2, -0.15) is 0 Å². The Kier molecular flexibility index (Phi) is 5.27. The number of rotatable bonds is 6. The summed E-state index contributed by atoms with van der Waals surface area (Å²) in [6.07, 6.45) is 2.73. The fourth-order valence-corrected chi connectivity index (χ4v) is 3.90. The number of anilines is 1. The van der Waals surface area contributed by atoms with E-state index >= 15 is 0 Å². The predicted molar refractivity (Wildman–Crippen MR) is 106 cm³/mol. The number of phenolic OH excluding ortho intramolecular Hbond substituents is 1. The molecular weight excluding hydrogens is 340 g/mol. The molecule has 1 fully saturated rings. The lowest BCUT2D eigenvalue weighted by Crippen LogP contribution is -2.43. The number of benzene rings is 2. The summed E-state index contributed by atoms with van der Waals surface area (Å²) >= 11 is 0. The van der Waals surface area contributed by atoms with Crippen LogP contribution in [0.15, 0.2) is 48.5 Å².